The number of carboxylic acid groups (broad SMARTS) is 1. The molecule has 0 bridgehead atoms. The Morgan fingerprint density at radius 1 is 1.43 bits per heavy atom. The molecule has 0 saturated carbocycles. The third kappa shape index (κ3) is 5.43. The van der Waals surface area contributed by atoms with E-state index in [0.29, 0.717) is 19.1 Å². The Labute approximate surface area is 174 Å². The fourth-order valence-corrected chi connectivity index (χ4v) is 4.07. The van der Waals surface area contributed by atoms with Crippen LogP contribution in [0.2, 0.25) is 0 Å². The van der Waals surface area contributed by atoms with Gasteiger partial charge in [-0.05, 0) is 13.0 Å². The number of hydrogen-bond donors (Lipinski definition) is 1. The van der Waals surface area contributed by atoms with Crippen LogP contribution >= 0.6 is 11.3 Å². The second kappa shape index (κ2) is 9.23. The number of aliphatic carboxylic acids is 1. The lowest BCUT2D eigenvalue weighted by Crippen LogP contribution is -2.36. The molecular formula is C18H21F3N4O4S. The molecule has 2 saturated heterocycles. The largest absolute Gasteiger partial charge is 0.490 e. The number of nitrogens with zero attached hydrogens (tertiary/aromatic N) is 4. The van der Waals surface area contributed by atoms with Crippen LogP contribution in [0.4, 0.5) is 19.1 Å². The van der Waals surface area contributed by atoms with E-state index in [4.69, 9.17) is 19.4 Å². The van der Waals surface area contributed by atoms with Gasteiger partial charge in [0.05, 0.1) is 37.1 Å². The number of hydrogen-bond acceptors (Lipinski definition) is 8. The van der Waals surface area contributed by atoms with Gasteiger partial charge in [-0.3, -0.25) is 0 Å². The summed E-state index contributed by atoms with van der Waals surface area (Å²) in [6.07, 6.45) is -1.50. The Kier molecular flexibility index (Phi) is 6.88. The van der Waals surface area contributed by atoms with Crippen molar-refractivity contribution < 1.29 is 32.5 Å². The molecule has 0 unspecified atom stereocenters. The van der Waals surface area contributed by atoms with Gasteiger partial charge in [-0.25, -0.2) is 19.7 Å². The Morgan fingerprint density at radius 3 is 2.73 bits per heavy atom. The van der Waals surface area contributed by atoms with Crippen LogP contribution in [0.15, 0.2) is 23.8 Å². The third-order valence-electron chi connectivity index (χ3n) is 4.90. The highest BCUT2D eigenvalue weighted by Gasteiger charge is 2.51. The van der Waals surface area contributed by atoms with Crippen LogP contribution in [-0.2, 0) is 20.9 Å². The molecule has 2 aliphatic heterocycles. The van der Waals surface area contributed by atoms with Crippen molar-refractivity contribution in [3.63, 3.8) is 0 Å². The smallest absolute Gasteiger partial charge is 0.475 e. The molecule has 2 atom stereocenters. The minimum Gasteiger partial charge on any atom is -0.475 e. The van der Waals surface area contributed by atoms with Crippen LogP contribution in [0.5, 0.6) is 0 Å². The average molecular weight is 446 g/mol. The van der Waals surface area contributed by atoms with Crippen LogP contribution in [0.25, 0.3) is 0 Å². The number of alkyl halides is 3. The number of thiazole rings is 1. The van der Waals surface area contributed by atoms with Crippen molar-refractivity contribution in [2.24, 2.45) is 11.3 Å². The Hall–Kier alpha value is -2.31. The number of aryl methyl sites for hydroxylation is 1. The predicted molar refractivity (Wildman–Crippen MR) is 101 cm³/mol. The molecule has 4 heterocycles. The maximum atomic E-state index is 10.6. The molecule has 12 heteroatoms. The van der Waals surface area contributed by atoms with Gasteiger partial charge in [0.1, 0.15) is 0 Å². The lowest BCUT2D eigenvalue weighted by Gasteiger charge is -2.26. The molecular weight excluding hydrogens is 425 g/mol. The van der Waals surface area contributed by atoms with Crippen LogP contribution < -0.4 is 4.90 Å². The third-order valence-corrected chi connectivity index (χ3v) is 5.73. The first-order chi connectivity index (χ1) is 14.2. The molecule has 0 aliphatic carbocycles. The summed E-state index contributed by atoms with van der Waals surface area (Å²) in [5.74, 6) is -1.48. The summed E-state index contributed by atoms with van der Waals surface area (Å²) in [6.45, 7) is 6.64. The first-order valence-corrected chi connectivity index (χ1v) is 9.96. The summed E-state index contributed by atoms with van der Waals surface area (Å²) >= 11 is 1.66. The van der Waals surface area contributed by atoms with E-state index in [1.165, 1.54) is 0 Å². The molecule has 2 aromatic heterocycles. The van der Waals surface area contributed by atoms with Crippen LogP contribution in [0, 0.1) is 18.3 Å². The van der Waals surface area contributed by atoms with Crippen LogP contribution in [-0.4, -0.2) is 65.1 Å². The molecule has 8 nitrogen and oxygen atoms in total. The first-order valence-electron chi connectivity index (χ1n) is 9.08. The van der Waals surface area contributed by atoms with Crippen molar-refractivity contribution in [2.75, 3.05) is 37.8 Å². The SMILES string of the molecule is Cc1nc(COC[C@]23COC[C@H]2CN(c2ncccn2)C3)cs1.O=C(O)C(F)(F)F. The van der Waals surface area contributed by atoms with Crippen molar-refractivity contribution in [2.45, 2.75) is 19.7 Å². The number of carbonyl (C=O) groups is 1. The van der Waals surface area contributed by atoms with E-state index >= 15 is 0 Å². The van der Waals surface area contributed by atoms with E-state index in [9.17, 15) is 13.2 Å². The zero-order chi connectivity index (χ0) is 21.8. The molecule has 2 aromatic rings. The maximum absolute atomic E-state index is 10.6. The van der Waals surface area contributed by atoms with Gasteiger partial charge in [-0.1, -0.05) is 0 Å². The predicted octanol–water partition coefficient (Wildman–Crippen LogP) is 2.54. The van der Waals surface area contributed by atoms with Crippen molar-refractivity contribution in [1.29, 1.82) is 0 Å². The minimum atomic E-state index is -5.08. The highest BCUT2D eigenvalue weighted by Crippen LogP contribution is 2.42. The quantitative estimate of drug-likeness (QED) is 0.749. The Balaban J connectivity index is 0.000000318. The summed E-state index contributed by atoms with van der Waals surface area (Å²) in [5, 5.41) is 10.3. The normalized spacial score (nSPS) is 23.1. The van der Waals surface area contributed by atoms with Gasteiger partial charge in [0.2, 0.25) is 5.95 Å². The Bertz CT molecular complexity index is 851. The molecule has 0 amide bonds. The van der Waals surface area contributed by atoms with Gasteiger partial charge in [0.25, 0.3) is 0 Å². The first kappa shape index (κ1) is 22.4. The van der Waals surface area contributed by atoms with Gasteiger partial charge in [-0.2, -0.15) is 13.2 Å². The minimum absolute atomic E-state index is 0.0459. The molecule has 0 aromatic carbocycles. The average Bonchev–Trinajstić information content (AvgIpc) is 3.36. The number of ether oxygens (including phenoxy) is 2. The van der Waals surface area contributed by atoms with E-state index < -0.39 is 12.1 Å². The fraction of sp³-hybridized carbons (Fsp3) is 0.556. The molecule has 4 rings (SSSR count). The zero-order valence-corrected chi connectivity index (χ0v) is 16.9. The molecule has 164 valence electrons. The van der Waals surface area contributed by atoms with E-state index in [0.717, 1.165) is 43.0 Å². The van der Waals surface area contributed by atoms with E-state index in [2.05, 4.69) is 25.2 Å². The van der Waals surface area contributed by atoms with E-state index in [1.807, 2.05) is 13.0 Å². The Morgan fingerprint density at radius 2 is 2.13 bits per heavy atom. The zero-order valence-electron chi connectivity index (χ0n) is 16.1. The van der Waals surface area contributed by atoms with E-state index in [1.54, 1.807) is 23.7 Å². The second-order valence-corrected chi connectivity index (χ2v) is 8.22. The topological polar surface area (TPSA) is 97.7 Å². The monoisotopic (exact) mass is 446 g/mol. The van der Waals surface area contributed by atoms with Crippen molar-refractivity contribution in [1.82, 2.24) is 15.0 Å². The molecule has 0 radical (unpaired) electrons. The number of halogens is 3. The standard InChI is InChI=1S/C16H20N4O2S.C2HF3O2/c1-12-19-14(8-23-12)7-22-11-16-9-20(5-13(16)6-21-10-16)15-17-3-2-4-18-15;3-2(4,5)1(6)7/h2-4,8,13H,5-7,9-11H2,1H3;(H,6,7)/t13-,16+;/m1./s1. The lowest BCUT2D eigenvalue weighted by atomic mass is 9.82. The summed E-state index contributed by atoms with van der Waals surface area (Å²) in [5.41, 5.74) is 1.06. The molecule has 1 N–H and O–H groups in total. The van der Waals surface area contributed by atoms with Gasteiger partial charge >= 0.3 is 12.1 Å². The van der Waals surface area contributed by atoms with Gasteiger partial charge in [0, 0.05) is 42.2 Å². The van der Waals surface area contributed by atoms with Gasteiger partial charge in [-0.15, -0.1) is 11.3 Å². The van der Waals surface area contributed by atoms with Crippen LogP contribution in [0.3, 0.4) is 0 Å². The molecule has 2 fully saturated rings. The maximum Gasteiger partial charge on any atom is 0.490 e. The lowest BCUT2D eigenvalue weighted by molar-refractivity contribution is -0.192. The summed E-state index contributed by atoms with van der Waals surface area (Å²) < 4.78 is 43.5. The fourth-order valence-electron chi connectivity index (χ4n) is 3.48. The van der Waals surface area contributed by atoms with Crippen molar-refractivity contribution >= 4 is 23.3 Å². The second-order valence-electron chi connectivity index (χ2n) is 7.16. The number of carboxylic acids is 1. The molecule has 30 heavy (non-hydrogen) atoms. The highest BCUT2D eigenvalue weighted by atomic mass is 32.1. The number of fused-ring (bicyclic) bond motifs is 1. The molecule has 2 aliphatic rings. The van der Waals surface area contributed by atoms with E-state index in [-0.39, 0.29) is 5.41 Å². The number of rotatable bonds is 5. The number of anilines is 1. The highest BCUT2D eigenvalue weighted by molar-refractivity contribution is 7.09. The molecule has 0 spiro atoms. The van der Waals surface area contributed by atoms with Gasteiger partial charge < -0.3 is 19.5 Å². The summed E-state index contributed by atoms with van der Waals surface area (Å²) in [4.78, 5) is 24.4. The van der Waals surface area contributed by atoms with Gasteiger partial charge in [0.15, 0.2) is 0 Å². The summed E-state index contributed by atoms with van der Waals surface area (Å²) in [7, 11) is 0. The van der Waals surface area contributed by atoms with Crippen molar-refractivity contribution in [3.05, 3.63) is 34.5 Å². The van der Waals surface area contributed by atoms with Crippen LogP contribution in [0.1, 0.15) is 10.7 Å². The summed E-state index contributed by atoms with van der Waals surface area (Å²) in [6, 6.07) is 1.85. The van der Waals surface area contributed by atoms with Crippen molar-refractivity contribution in [3.8, 4) is 0 Å². The number of aromatic nitrogens is 3.